The van der Waals surface area contributed by atoms with Gasteiger partial charge in [0.2, 0.25) is 0 Å². The molecule has 0 aliphatic rings. The van der Waals surface area contributed by atoms with Gasteiger partial charge in [-0.3, -0.25) is 0 Å². The molecule has 0 spiro atoms. The Morgan fingerprint density at radius 2 is 1.06 bits per heavy atom. The first-order valence-electron chi connectivity index (χ1n) is 7.12. The molecule has 0 radical (unpaired) electrons. The molecule has 0 rings (SSSR count). The summed E-state index contributed by atoms with van der Waals surface area (Å²) in [6, 6.07) is 0. The fraction of sp³-hybridized carbons (Fsp3) is 1.00. The second kappa shape index (κ2) is 12.8. The van der Waals surface area contributed by atoms with Crippen molar-refractivity contribution in [1.82, 2.24) is 0 Å². The lowest BCUT2D eigenvalue weighted by atomic mass is 10.1. The number of hydrogen-bond donors (Lipinski definition) is 1. The van der Waals surface area contributed by atoms with Crippen LogP contribution in [0.1, 0.15) is 71.1 Å². The molecule has 3 heteroatoms. The predicted molar refractivity (Wildman–Crippen MR) is 70.6 cm³/mol. The van der Waals surface area contributed by atoms with E-state index < -0.39 is 0 Å². The summed E-state index contributed by atoms with van der Waals surface area (Å²) in [6.07, 6.45) is 13.6. The number of hydrogen-bond acceptors (Lipinski definition) is 1. The highest BCUT2D eigenvalue weighted by molar-refractivity contribution is 4.47. The van der Waals surface area contributed by atoms with Crippen molar-refractivity contribution < 1.29 is 26.8 Å². The van der Waals surface area contributed by atoms with Crippen LogP contribution >= 0.6 is 0 Å². The first-order chi connectivity index (χ1) is 7.56. The van der Waals surface area contributed by atoms with E-state index in [0.717, 1.165) is 13.0 Å². The van der Waals surface area contributed by atoms with Crippen molar-refractivity contribution in [3.05, 3.63) is 0 Å². The normalized spacial score (nSPS) is 11.3. The van der Waals surface area contributed by atoms with Gasteiger partial charge in [0, 0.05) is 0 Å². The van der Waals surface area contributed by atoms with Crippen LogP contribution in [0.25, 0.3) is 0 Å². The van der Waals surface area contributed by atoms with E-state index in [9.17, 15) is 5.21 Å². The second-order valence-corrected chi connectivity index (χ2v) is 5.53. The quantitative estimate of drug-likeness (QED) is 0.347. The molecule has 0 aromatic heterocycles. The number of halogens is 1. The van der Waals surface area contributed by atoms with Crippen LogP contribution in [0, 0.1) is 0 Å². The van der Waals surface area contributed by atoms with Gasteiger partial charge in [0.1, 0.15) is 6.54 Å². The summed E-state index contributed by atoms with van der Waals surface area (Å²) >= 11 is 0. The Morgan fingerprint density at radius 1 is 0.706 bits per heavy atom. The van der Waals surface area contributed by atoms with E-state index in [-0.39, 0.29) is 21.6 Å². The van der Waals surface area contributed by atoms with E-state index in [1.807, 2.05) is 14.1 Å². The van der Waals surface area contributed by atoms with Crippen LogP contribution in [0.3, 0.4) is 0 Å². The van der Waals surface area contributed by atoms with Crippen LogP contribution in [-0.2, 0) is 0 Å². The number of quaternary nitrogens is 1. The Bertz CT molecular complexity index is 146. The molecule has 0 amide bonds. The highest BCUT2D eigenvalue weighted by atomic mass is 79.9. The molecular formula is C14H32BrNO. The van der Waals surface area contributed by atoms with Gasteiger partial charge in [0.15, 0.2) is 0 Å². The van der Waals surface area contributed by atoms with Crippen molar-refractivity contribution in [2.45, 2.75) is 71.1 Å². The molecule has 0 aliphatic carbocycles. The summed E-state index contributed by atoms with van der Waals surface area (Å²) in [5.41, 5.74) is 0. The second-order valence-electron chi connectivity index (χ2n) is 5.53. The number of hydroxylamine groups is 3. The molecule has 2 nitrogen and oxygen atoms in total. The molecule has 0 saturated carbocycles. The van der Waals surface area contributed by atoms with Gasteiger partial charge in [-0.2, -0.15) is 4.65 Å². The first-order valence-corrected chi connectivity index (χ1v) is 7.12. The minimum atomic E-state index is 0. The van der Waals surface area contributed by atoms with Gasteiger partial charge in [-0.1, -0.05) is 58.3 Å². The van der Waals surface area contributed by atoms with E-state index in [0.29, 0.717) is 0 Å². The maximum Gasteiger partial charge on any atom is 0.108 e. The summed E-state index contributed by atoms with van der Waals surface area (Å²) < 4.78 is 0.122. The Kier molecular flexibility index (Phi) is 14.9. The molecular weight excluding hydrogens is 278 g/mol. The monoisotopic (exact) mass is 309 g/mol. The summed E-state index contributed by atoms with van der Waals surface area (Å²) in [7, 11) is 3.68. The molecule has 0 aromatic rings. The van der Waals surface area contributed by atoms with Crippen molar-refractivity contribution >= 4 is 0 Å². The van der Waals surface area contributed by atoms with E-state index in [1.54, 1.807) is 0 Å². The van der Waals surface area contributed by atoms with Crippen molar-refractivity contribution in [3.63, 3.8) is 0 Å². The van der Waals surface area contributed by atoms with Crippen LogP contribution in [0.15, 0.2) is 0 Å². The van der Waals surface area contributed by atoms with Crippen LogP contribution in [-0.4, -0.2) is 30.5 Å². The van der Waals surface area contributed by atoms with Gasteiger partial charge in [-0.15, -0.1) is 0 Å². The molecule has 0 aromatic carbocycles. The molecule has 0 unspecified atom stereocenters. The Morgan fingerprint density at radius 3 is 1.41 bits per heavy atom. The molecule has 0 heterocycles. The maximum absolute atomic E-state index is 9.48. The largest absolute Gasteiger partial charge is 1.00 e. The minimum Gasteiger partial charge on any atom is -1.00 e. The van der Waals surface area contributed by atoms with Crippen molar-refractivity contribution in [1.29, 1.82) is 0 Å². The standard InChI is InChI=1S/C14H32NO.BrH/c1-4-5-6-7-8-9-10-11-12-13-14-15(2,3)16;/h16H,4-14H2,1-3H3;1H/q+1;/p-1. The first kappa shape index (κ1) is 19.7. The van der Waals surface area contributed by atoms with E-state index in [2.05, 4.69) is 6.92 Å². The zero-order valence-corrected chi connectivity index (χ0v) is 13.6. The van der Waals surface area contributed by atoms with E-state index in [4.69, 9.17) is 0 Å². The fourth-order valence-electron chi connectivity index (χ4n) is 1.99. The summed E-state index contributed by atoms with van der Waals surface area (Å²) in [6.45, 7) is 3.15. The highest BCUT2D eigenvalue weighted by Crippen LogP contribution is 2.10. The molecule has 0 fully saturated rings. The number of rotatable bonds is 11. The summed E-state index contributed by atoms with van der Waals surface area (Å²) in [5, 5.41) is 9.48. The van der Waals surface area contributed by atoms with Crippen LogP contribution in [0.2, 0.25) is 0 Å². The molecule has 1 N–H and O–H groups in total. The molecule has 0 bridgehead atoms. The van der Waals surface area contributed by atoms with Gasteiger partial charge >= 0.3 is 0 Å². The average molecular weight is 310 g/mol. The van der Waals surface area contributed by atoms with Gasteiger partial charge in [0.05, 0.1) is 14.1 Å². The lowest BCUT2D eigenvalue weighted by Crippen LogP contribution is -3.00. The third kappa shape index (κ3) is 18.9. The SMILES string of the molecule is CCCCCCCCCCCC[N+](C)(C)O.[Br-]. The van der Waals surface area contributed by atoms with E-state index >= 15 is 0 Å². The lowest BCUT2D eigenvalue weighted by molar-refractivity contribution is -1.07. The Hall–Kier alpha value is 0.400. The molecule has 0 atom stereocenters. The minimum absolute atomic E-state index is 0. The van der Waals surface area contributed by atoms with Crippen LogP contribution in [0.4, 0.5) is 0 Å². The Labute approximate surface area is 119 Å². The topological polar surface area (TPSA) is 20.2 Å². The summed E-state index contributed by atoms with van der Waals surface area (Å²) in [5.74, 6) is 0. The predicted octanol–water partition coefficient (Wildman–Crippen LogP) is 1.38. The Balaban J connectivity index is 0. The number of nitrogens with zero attached hydrogens (tertiary/aromatic N) is 1. The smallest absolute Gasteiger partial charge is 0.108 e. The van der Waals surface area contributed by atoms with Gasteiger partial charge < -0.3 is 17.0 Å². The maximum atomic E-state index is 9.48. The van der Waals surface area contributed by atoms with Crippen LogP contribution < -0.4 is 17.0 Å². The van der Waals surface area contributed by atoms with Crippen LogP contribution in [0.5, 0.6) is 0 Å². The van der Waals surface area contributed by atoms with Crippen molar-refractivity contribution in [2.75, 3.05) is 20.6 Å². The van der Waals surface area contributed by atoms with Crippen molar-refractivity contribution in [2.24, 2.45) is 0 Å². The molecule has 0 aliphatic heterocycles. The average Bonchev–Trinajstić information content (AvgIpc) is 2.19. The van der Waals surface area contributed by atoms with E-state index in [1.165, 1.54) is 57.8 Å². The summed E-state index contributed by atoms with van der Waals surface area (Å²) in [4.78, 5) is 0. The van der Waals surface area contributed by atoms with Gasteiger partial charge in [-0.25, -0.2) is 5.21 Å². The zero-order valence-electron chi connectivity index (χ0n) is 12.1. The van der Waals surface area contributed by atoms with Gasteiger partial charge in [0.25, 0.3) is 0 Å². The highest BCUT2D eigenvalue weighted by Gasteiger charge is 2.08. The molecule has 17 heavy (non-hydrogen) atoms. The van der Waals surface area contributed by atoms with Gasteiger partial charge in [-0.05, 0) is 12.8 Å². The molecule has 106 valence electrons. The third-order valence-electron chi connectivity index (χ3n) is 3.06. The number of unbranched alkanes of at least 4 members (excludes halogenated alkanes) is 9. The fourth-order valence-corrected chi connectivity index (χ4v) is 1.99. The zero-order chi connectivity index (χ0) is 12.3. The van der Waals surface area contributed by atoms with Crippen molar-refractivity contribution in [3.8, 4) is 0 Å². The molecule has 0 saturated heterocycles. The lowest BCUT2D eigenvalue weighted by Gasteiger charge is -2.18. The third-order valence-corrected chi connectivity index (χ3v) is 3.06.